The predicted molar refractivity (Wildman–Crippen MR) is 142 cm³/mol. The Labute approximate surface area is 204 Å². The zero-order valence-electron chi connectivity index (χ0n) is 20.0. The summed E-state index contributed by atoms with van der Waals surface area (Å²) in [5.74, 6) is 1.47. The maximum Gasteiger partial charge on any atom is 0.178 e. The molecule has 5 nitrogen and oxygen atoms in total. The van der Waals surface area contributed by atoms with Gasteiger partial charge in [0.2, 0.25) is 0 Å². The summed E-state index contributed by atoms with van der Waals surface area (Å²) < 4.78 is 19.0. The first-order chi connectivity index (χ1) is 17.3. The van der Waals surface area contributed by atoms with Gasteiger partial charge in [-0.1, -0.05) is 48.5 Å². The number of rotatable bonds is 12. The normalized spacial score (nSPS) is 11.7. The quantitative estimate of drug-likeness (QED) is 0.192. The summed E-state index contributed by atoms with van der Waals surface area (Å²) >= 11 is 0. The van der Waals surface area contributed by atoms with Crippen molar-refractivity contribution in [1.82, 2.24) is 0 Å². The molecule has 1 heterocycles. The van der Waals surface area contributed by atoms with Crippen LogP contribution in [0.15, 0.2) is 65.1 Å². The Morgan fingerprint density at radius 1 is 0.571 bits per heavy atom. The molecule has 0 bridgehead atoms. The van der Waals surface area contributed by atoms with E-state index in [4.69, 9.17) is 24.1 Å². The van der Waals surface area contributed by atoms with E-state index >= 15 is 0 Å². The van der Waals surface area contributed by atoms with Crippen LogP contribution in [0.1, 0.15) is 38.5 Å². The van der Waals surface area contributed by atoms with Crippen LogP contribution in [-0.4, -0.2) is 36.6 Å². The summed E-state index contributed by atoms with van der Waals surface area (Å²) in [6.45, 7) is 1.55. The molecular formula is C30H32O5. The minimum atomic E-state index is 0.208. The van der Waals surface area contributed by atoms with Gasteiger partial charge in [-0.3, -0.25) is 0 Å². The number of fused-ring (bicyclic) bond motifs is 7. The van der Waals surface area contributed by atoms with E-state index in [2.05, 4.69) is 48.5 Å². The van der Waals surface area contributed by atoms with E-state index in [1.807, 2.05) is 12.1 Å². The molecule has 0 unspecified atom stereocenters. The van der Waals surface area contributed by atoms with Crippen LogP contribution in [0.2, 0.25) is 0 Å². The number of hydrogen-bond acceptors (Lipinski definition) is 5. The van der Waals surface area contributed by atoms with E-state index in [1.165, 1.54) is 0 Å². The van der Waals surface area contributed by atoms with Crippen LogP contribution >= 0.6 is 0 Å². The van der Waals surface area contributed by atoms with Crippen molar-refractivity contribution in [3.8, 4) is 11.5 Å². The minimum absolute atomic E-state index is 0.208. The van der Waals surface area contributed by atoms with Crippen molar-refractivity contribution in [1.29, 1.82) is 0 Å². The molecule has 182 valence electrons. The molecule has 0 radical (unpaired) electrons. The molecule has 4 aromatic carbocycles. The van der Waals surface area contributed by atoms with E-state index in [0.29, 0.717) is 13.2 Å². The van der Waals surface area contributed by atoms with Crippen molar-refractivity contribution in [3.05, 3.63) is 60.7 Å². The number of furan rings is 1. The number of aliphatic hydroxyl groups is 2. The van der Waals surface area contributed by atoms with Gasteiger partial charge in [0.05, 0.1) is 13.2 Å². The van der Waals surface area contributed by atoms with E-state index in [1.54, 1.807) is 0 Å². The number of benzene rings is 4. The topological polar surface area (TPSA) is 72.1 Å². The van der Waals surface area contributed by atoms with Crippen LogP contribution in [-0.2, 0) is 0 Å². The first kappa shape index (κ1) is 23.5. The van der Waals surface area contributed by atoms with Crippen LogP contribution in [0.25, 0.3) is 43.5 Å². The summed E-state index contributed by atoms with van der Waals surface area (Å²) in [6, 6.07) is 20.8. The zero-order chi connectivity index (χ0) is 24.0. The maximum atomic E-state index is 9.06. The van der Waals surface area contributed by atoms with Gasteiger partial charge in [-0.25, -0.2) is 0 Å². The van der Waals surface area contributed by atoms with Gasteiger partial charge in [0.1, 0.15) is 0 Å². The Bertz CT molecular complexity index is 1330. The third-order valence-corrected chi connectivity index (χ3v) is 6.51. The zero-order valence-corrected chi connectivity index (χ0v) is 20.0. The molecule has 5 heteroatoms. The van der Waals surface area contributed by atoms with Crippen molar-refractivity contribution in [3.63, 3.8) is 0 Å². The molecule has 0 amide bonds. The highest BCUT2D eigenvalue weighted by molar-refractivity contribution is 6.28. The second kappa shape index (κ2) is 11.0. The summed E-state index contributed by atoms with van der Waals surface area (Å²) in [5, 5.41) is 24.7. The molecule has 5 rings (SSSR count). The second-order valence-corrected chi connectivity index (χ2v) is 8.97. The van der Waals surface area contributed by atoms with E-state index in [0.717, 1.165) is 93.5 Å². The van der Waals surface area contributed by atoms with Gasteiger partial charge in [-0.05, 0) is 72.2 Å². The van der Waals surface area contributed by atoms with E-state index in [9.17, 15) is 0 Å². The van der Waals surface area contributed by atoms with E-state index < -0.39 is 0 Å². The monoisotopic (exact) mass is 472 g/mol. The number of ether oxygens (including phenoxy) is 2. The van der Waals surface area contributed by atoms with Crippen molar-refractivity contribution in [2.45, 2.75) is 38.5 Å². The summed E-state index contributed by atoms with van der Waals surface area (Å²) in [6.07, 6.45) is 5.16. The molecule has 1 aromatic heterocycles. The number of aliphatic hydroxyl groups excluding tert-OH is 2. The molecule has 0 saturated heterocycles. The van der Waals surface area contributed by atoms with Crippen molar-refractivity contribution >= 4 is 43.5 Å². The van der Waals surface area contributed by atoms with Gasteiger partial charge in [-0.15, -0.1) is 0 Å². The molecule has 0 fully saturated rings. The predicted octanol–water partition coefficient (Wildman–Crippen LogP) is 6.98. The van der Waals surface area contributed by atoms with Crippen molar-refractivity contribution in [2.75, 3.05) is 26.4 Å². The van der Waals surface area contributed by atoms with Gasteiger partial charge >= 0.3 is 0 Å². The molecule has 0 spiro atoms. The first-order valence-corrected chi connectivity index (χ1v) is 12.6. The molecule has 0 aliphatic heterocycles. The van der Waals surface area contributed by atoms with Crippen LogP contribution in [0.3, 0.4) is 0 Å². The highest BCUT2D eigenvalue weighted by Gasteiger charge is 2.21. The third-order valence-electron chi connectivity index (χ3n) is 6.51. The Kier molecular flexibility index (Phi) is 7.36. The van der Waals surface area contributed by atoms with Gasteiger partial charge in [0.15, 0.2) is 22.7 Å². The van der Waals surface area contributed by atoms with Crippen LogP contribution in [0.4, 0.5) is 0 Å². The summed E-state index contributed by atoms with van der Waals surface area (Å²) in [7, 11) is 0. The Morgan fingerprint density at radius 3 is 1.49 bits per heavy atom. The highest BCUT2D eigenvalue weighted by Crippen LogP contribution is 2.46. The number of unbranched alkanes of at least 4 members (excludes halogenated alkanes) is 4. The summed E-state index contributed by atoms with van der Waals surface area (Å²) in [5.41, 5.74) is 1.48. The molecular weight excluding hydrogens is 440 g/mol. The lowest BCUT2D eigenvalue weighted by atomic mass is 9.99. The van der Waals surface area contributed by atoms with Crippen molar-refractivity contribution in [2.24, 2.45) is 0 Å². The van der Waals surface area contributed by atoms with Gasteiger partial charge in [0, 0.05) is 24.0 Å². The lowest BCUT2D eigenvalue weighted by Gasteiger charge is -2.09. The standard InChI is InChI=1S/C30H32O5/c31-15-7-1-9-17-33-25-19-21-11-3-5-13-23(21)27-28-24-14-6-4-12-22(24)20-26(30(28)35-29(25)27)34-18-10-2-8-16-32/h3-6,11-14,19-20,31-32H,1-2,7-10,15-18H2. The van der Waals surface area contributed by atoms with Crippen molar-refractivity contribution < 1.29 is 24.1 Å². The Morgan fingerprint density at radius 2 is 1.03 bits per heavy atom. The number of hydrogen-bond donors (Lipinski definition) is 2. The second-order valence-electron chi connectivity index (χ2n) is 8.97. The maximum absolute atomic E-state index is 9.06. The van der Waals surface area contributed by atoms with Crippen LogP contribution < -0.4 is 9.47 Å². The smallest absolute Gasteiger partial charge is 0.178 e. The molecule has 0 aliphatic rings. The lowest BCUT2D eigenvalue weighted by Crippen LogP contribution is -1.98. The van der Waals surface area contributed by atoms with Gasteiger partial charge < -0.3 is 24.1 Å². The minimum Gasteiger partial charge on any atom is -0.490 e. The van der Waals surface area contributed by atoms with E-state index in [-0.39, 0.29) is 13.2 Å². The largest absolute Gasteiger partial charge is 0.490 e. The Balaban J connectivity index is 1.66. The van der Waals surface area contributed by atoms with Gasteiger partial charge in [-0.2, -0.15) is 0 Å². The molecule has 2 N–H and O–H groups in total. The average molecular weight is 473 g/mol. The highest BCUT2D eigenvalue weighted by atomic mass is 16.5. The molecule has 0 saturated carbocycles. The average Bonchev–Trinajstić information content (AvgIpc) is 3.30. The molecule has 0 atom stereocenters. The fourth-order valence-corrected chi connectivity index (χ4v) is 4.77. The fourth-order valence-electron chi connectivity index (χ4n) is 4.77. The SMILES string of the molecule is OCCCCCOc1cc2ccccc2c2c1oc1c(OCCCCCO)cc3ccccc3c12. The van der Waals surface area contributed by atoms with Crippen LogP contribution in [0.5, 0.6) is 11.5 Å². The Hall–Kier alpha value is -3.28. The molecule has 0 aliphatic carbocycles. The third kappa shape index (κ3) is 4.79. The van der Waals surface area contributed by atoms with Crippen LogP contribution in [0, 0.1) is 0 Å². The first-order valence-electron chi connectivity index (χ1n) is 12.6. The molecule has 35 heavy (non-hydrogen) atoms. The van der Waals surface area contributed by atoms with Gasteiger partial charge in [0.25, 0.3) is 0 Å². The molecule has 5 aromatic rings. The fraction of sp³-hybridized carbons (Fsp3) is 0.333. The summed E-state index contributed by atoms with van der Waals surface area (Å²) in [4.78, 5) is 0. The lowest BCUT2D eigenvalue weighted by molar-refractivity contribution is 0.265.